The molecule has 7 nitrogen and oxygen atoms in total. The minimum absolute atomic E-state index is 0.0462. The summed E-state index contributed by atoms with van der Waals surface area (Å²) in [7, 11) is -4.00. The molecule has 0 fully saturated rings. The second-order valence-corrected chi connectivity index (χ2v) is 6.50. The van der Waals surface area contributed by atoms with E-state index in [9.17, 15) is 13.2 Å². The maximum Gasteiger partial charge on any atom is 0.267 e. The van der Waals surface area contributed by atoms with Gasteiger partial charge in [0.05, 0.1) is 17.3 Å². The summed E-state index contributed by atoms with van der Waals surface area (Å²) in [5, 5.41) is 7.26. The number of aryl methyl sites for hydroxylation is 2. The monoisotopic (exact) mass is 319 g/mol. The Labute approximate surface area is 126 Å². The molecular formula is C14H13N3O4S. The Kier molecular flexibility index (Phi) is 3.25. The second-order valence-electron chi connectivity index (χ2n) is 4.85. The molecule has 0 saturated heterocycles. The molecule has 0 unspecified atom stereocenters. The minimum atomic E-state index is -4.00. The molecule has 2 N–H and O–H groups in total. The number of aromatic amines is 1. The van der Waals surface area contributed by atoms with Crippen LogP contribution in [0.2, 0.25) is 0 Å². The van der Waals surface area contributed by atoms with Gasteiger partial charge in [-0.25, -0.2) is 13.1 Å². The Balaban J connectivity index is 1.97. The lowest BCUT2D eigenvalue weighted by atomic mass is 10.1. The van der Waals surface area contributed by atoms with Crippen molar-refractivity contribution in [3.05, 3.63) is 47.5 Å². The summed E-state index contributed by atoms with van der Waals surface area (Å²) in [5.74, 6) is -0.0355. The Morgan fingerprint density at radius 2 is 2.09 bits per heavy atom. The topological polar surface area (TPSA) is 105 Å². The van der Waals surface area contributed by atoms with Crippen molar-refractivity contribution >= 4 is 26.8 Å². The molecule has 114 valence electrons. The quantitative estimate of drug-likeness (QED) is 0.767. The number of carbonyl (C=O) groups is 1. The van der Waals surface area contributed by atoms with Crippen LogP contribution < -0.4 is 4.72 Å². The largest absolute Gasteiger partial charge is 0.465 e. The third kappa shape index (κ3) is 2.37. The number of hydrogen-bond acceptors (Lipinski definition) is 5. The van der Waals surface area contributed by atoms with E-state index < -0.39 is 15.9 Å². The highest BCUT2D eigenvalue weighted by molar-refractivity contribution is 7.90. The Morgan fingerprint density at radius 1 is 1.32 bits per heavy atom. The summed E-state index contributed by atoms with van der Waals surface area (Å²) < 4.78 is 31.9. The zero-order chi connectivity index (χ0) is 15.9. The smallest absolute Gasteiger partial charge is 0.267 e. The Bertz CT molecular complexity index is 969. The van der Waals surface area contributed by atoms with Crippen molar-refractivity contribution in [2.24, 2.45) is 0 Å². The van der Waals surface area contributed by atoms with Gasteiger partial charge in [0, 0.05) is 11.5 Å². The van der Waals surface area contributed by atoms with Crippen LogP contribution in [0.1, 0.15) is 21.9 Å². The number of H-pyrrole nitrogens is 1. The number of fused-ring (bicyclic) bond motifs is 1. The predicted molar refractivity (Wildman–Crippen MR) is 78.9 cm³/mol. The molecule has 3 rings (SSSR count). The molecular weight excluding hydrogens is 306 g/mol. The van der Waals surface area contributed by atoms with Gasteiger partial charge in [0.2, 0.25) is 0 Å². The third-order valence-electron chi connectivity index (χ3n) is 3.23. The first-order chi connectivity index (χ1) is 10.4. The van der Waals surface area contributed by atoms with Crippen LogP contribution in [0.5, 0.6) is 0 Å². The van der Waals surface area contributed by atoms with Gasteiger partial charge in [-0.15, -0.1) is 0 Å². The Morgan fingerprint density at radius 3 is 2.77 bits per heavy atom. The summed E-state index contributed by atoms with van der Waals surface area (Å²) in [4.78, 5) is 12.2. The van der Waals surface area contributed by atoms with E-state index in [1.807, 2.05) is 0 Å². The number of carbonyl (C=O) groups excluding carboxylic acids is 1. The lowest BCUT2D eigenvalue weighted by Gasteiger charge is -2.06. The van der Waals surface area contributed by atoms with Gasteiger partial charge in [-0.3, -0.25) is 9.89 Å². The van der Waals surface area contributed by atoms with E-state index in [-0.39, 0.29) is 16.2 Å². The van der Waals surface area contributed by atoms with Gasteiger partial charge in [-0.1, -0.05) is 12.1 Å². The molecule has 1 amide bonds. The average molecular weight is 319 g/mol. The number of amides is 1. The highest BCUT2D eigenvalue weighted by atomic mass is 32.2. The van der Waals surface area contributed by atoms with Gasteiger partial charge in [0.15, 0.2) is 0 Å². The number of nitrogens with zero attached hydrogens (tertiary/aromatic N) is 1. The van der Waals surface area contributed by atoms with E-state index in [4.69, 9.17) is 4.42 Å². The van der Waals surface area contributed by atoms with E-state index in [2.05, 4.69) is 14.9 Å². The molecule has 0 spiro atoms. The summed E-state index contributed by atoms with van der Waals surface area (Å²) in [6, 6.07) is 6.33. The van der Waals surface area contributed by atoms with Crippen LogP contribution in [0.4, 0.5) is 0 Å². The molecule has 22 heavy (non-hydrogen) atoms. The molecule has 0 aliphatic carbocycles. The van der Waals surface area contributed by atoms with Crippen LogP contribution in [-0.4, -0.2) is 24.5 Å². The number of nitrogens with one attached hydrogen (secondary N) is 2. The Hall–Kier alpha value is -2.61. The van der Waals surface area contributed by atoms with Crippen molar-refractivity contribution in [3.8, 4) is 0 Å². The van der Waals surface area contributed by atoms with Crippen LogP contribution in [0, 0.1) is 13.8 Å². The first kappa shape index (κ1) is 14.3. The summed E-state index contributed by atoms with van der Waals surface area (Å²) >= 11 is 0. The maximum absolute atomic E-state index is 12.3. The van der Waals surface area contributed by atoms with Gasteiger partial charge in [-0.05, 0) is 19.9 Å². The van der Waals surface area contributed by atoms with Crippen molar-refractivity contribution in [2.45, 2.75) is 18.7 Å². The molecule has 0 aliphatic rings. The van der Waals surface area contributed by atoms with Crippen molar-refractivity contribution in [1.29, 1.82) is 0 Å². The number of aromatic nitrogens is 2. The molecule has 2 aromatic heterocycles. The van der Waals surface area contributed by atoms with Crippen molar-refractivity contribution in [3.63, 3.8) is 0 Å². The van der Waals surface area contributed by atoms with Crippen molar-refractivity contribution in [2.75, 3.05) is 0 Å². The molecule has 2 heterocycles. The van der Waals surface area contributed by atoms with Gasteiger partial charge >= 0.3 is 0 Å². The van der Waals surface area contributed by atoms with Crippen LogP contribution >= 0.6 is 0 Å². The van der Waals surface area contributed by atoms with E-state index in [0.717, 1.165) is 5.39 Å². The first-order valence-electron chi connectivity index (χ1n) is 6.45. The lowest BCUT2D eigenvalue weighted by Crippen LogP contribution is -2.30. The average Bonchev–Trinajstić information content (AvgIpc) is 3.03. The highest BCUT2D eigenvalue weighted by Gasteiger charge is 2.24. The summed E-state index contributed by atoms with van der Waals surface area (Å²) in [6.45, 7) is 3.17. The summed E-state index contributed by atoms with van der Waals surface area (Å²) in [5.41, 5.74) is 0.687. The number of rotatable bonds is 3. The standard InChI is InChI=1S/C14H13N3O4S/c1-8-6-12(9(2)21-8)22(19,20)17-14(18)11-5-3-4-10-7-15-16-13(10)11/h3-7H,1-2H3,(H,15,16)(H,17,18). The van der Waals surface area contributed by atoms with Crippen LogP contribution in [0.3, 0.4) is 0 Å². The zero-order valence-corrected chi connectivity index (χ0v) is 12.7. The number of sulfonamides is 1. The third-order valence-corrected chi connectivity index (χ3v) is 4.67. The van der Waals surface area contributed by atoms with Gasteiger partial charge in [0.25, 0.3) is 15.9 Å². The zero-order valence-electron chi connectivity index (χ0n) is 11.9. The van der Waals surface area contributed by atoms with Crippen LogP contribution in [0.15, 0.2) is 39.8 Å². The normalized spacial score (nSPS) is 11.7. The molecule has 8 heteroatoms. The van der Waals surface area contributed by atoms with Crippen LogP contribution in [0.25, 0.3) is 10.9 Å². The fourth-order valence-electron chi connectivity index (χ4n) is 2.26. The molecule has 0 bridgehead atoms. The fourth-order valence-corrected chi connectivity index (χ4v) is 3.47. The summed E-state index contributed by atoms with van der Waals surface area (Å²) in [6.07, 6.45) is 1.56. The molecule has 0 saturated carbocycles. The van der Waals surface area contributed by atoms with Gasteiger partial charge in [0.1, 0.15) is 16.4 Å². The van der Waals surface area contributed by atoms with Crippen LogP contribution in [-0.2, 0) is 10.0 Å². The van der Waals surface area contributed by atoms with E-state index in [1.54, 1.807) is 25.3 Å². The molecule has 0 atom stereocenters. The molecule has 1 aromatic carbocycles. The number of para-hydroxylation sites is 1. The SMILES string of the molecule is Cc1cc(S(=O)(=O)NC(=O)c2cccc3cn[nH]c23)c(C)o1. The lowest BCUT2D eigenvalue weighted by molar-refractivity contribution is 0.0983. The molecule has 0 radical (unpaired) electrons. The maximum atomic E-state index is 12.3. The van der Waals surface area contributed by atoms with Gasteiger partial charge < -0.3 is 4.42 Å². The van der Waals surface area contributed by atoms with Gasteiger partial charge in [-0.2, -0.15) is 5.10 Å². The fraction of sp³-hybridized carbons (Fsp3) is 0.143. The predicted octanol–water partition coefficient (Wildman–Crippen LogP) is 1.89. The first-order valence-corrected chi connectivity index (χ1v) is 7.93. The van der Waals surface area contributed by atoms with Crippen molar-refractivity contribution < 1.29 is 17.6 Å². The van der Waals surface area contributed by atoms with E-state index in [0.29, 0.717) is 11.3 Å². The van der Waals surface area contributed by atoms with Crippen molar-refractivity contribution in [1.82, 2.24) is 14.9 Å². The minimum Gasteiger partial charge on any atom is -0.465 e. The van der Waals surface area contributed by atoms with E-state index >= 15 is 0 Å². The number of furan rings is 1. The molecule has 3 aromatic rings. The second kappa shape index (κ2) is 4.99. The number of benzene rings is 1. The molecule has 0 aliphatic heterocycles. The number of hydrogen-bond donors (Lipinski definition) is 2. The van der Waals surface area contributed by atoms with E-state index in [1.165, 1.54) is 19.1 Å². The highest BCUT2D eigenvalue weighted by Crippen LogP contribution is 2.20.